The molecule has 1 fully saturated rings. The molecule has 5 aromatic carbocycles. The molecule has 0 saturated carbocycles. The Balaban J connectivity index is 1.22. The summed E-state index contributed by atoms with van der Waals surface area (Å²) in [6.07, 6.45) is -1.45. The van der Waals surface area contributed by atoms with Crippen molar-refractivity contribution in [3.05, 3.63) is 177 Å². The molecule has 2 N–H and O–H groups in total. The van der Waals surface area contributed by atoms with Crippen molar-refractivity contribution < 1.29 is 41.3 Å². The lowest BCUT2D eigenvalue weighted by molar-refractivity contribution is -0.276. The first-order valence-electron chi connectivity index (χ1n) is 16.8. The Labute approximate surface area is 298 Å². The third-order valence-electron chi connectivity index (χ3n) is 9.20. The smallest absolute Gasteiger partial charge is 0.257 e. The summed E-state index contributed by atoms with van der Waals surface area (Å²) in [6, 6.07) is 34.7. The number of hydrogen-bond donors (Lipinski definition) is 2. The minimum Gasteiger partial charge on any atom is -0.392 e. The van der Waals surface area contributed by atoms with Gasteiger partial charge in [-0.3, -0.25) is 9.69 Å². The summed E-state index contributed by atoms with van der Waals surface area (Å²) in [5.41, 5.74) is 3.63. The molecule has 1 amide bonds. The first kappa shape index (κ1) is 36.8. The SMILES string of the molecule is CC1C(CN(Cc2ccccc2)Cc2ccccc2)OC(c2ccc(CNC(=O)c3c(F)c(F)c(F)c(F)c3F)cc2)OC1c1ccc(CO)cc1. The fourth-order valence-electron chi connectivity index (χ4n) is 6.32. The fraction of sp³-hybridized carbons (Fsp3) is 0.244. The Hall–Kier alpha value is -4.94. The lowest BCUT2D eigenvalue weighted by atomic mass is 9.89. The zero-order valence-electron chi connectivity index (χ0n) is 28.2. The minimum atomic E-state index is -2.34. The van der Waals surface area contributed by atoms with Gasteiger partial charge in [0.2, 0.25) is 5.82 Å². The van der Waals surface area contributed by atoms with Crippen LogP contribution in [0, 0.1) is 35.0 Å². The van der Waals surface area contributed by atoms with Crippen LogP contribution in [0.1, 0.15) is 63.1 Å². The molecule has 0 aromatic heterocycles. The number of carbonyl (C=O) groups excluding carboxylic acids is 1. The highest BCUT2D eigenvalue weighted by atomic mass is 19.2. The van der Waals surface area contributed by atoms with Gasteiger partial charge in [-0.05, 0) is 27.8 Å². The number of halogens is 5. The van der Waals surface area contributed by atoms with E-state index in [0.29, 0.717) is 30.8 Å². The van der Waals surface area contributed by atoms with Gasteiger partial charge in [0.25, 0.3) is 5.91 Å². The van der Waals surface area contributed by atoms with E-state index >= 15 is 0 Å². The van der Waals surface area contributed by atoms with Crippen LogP contribution in [-0.2, 0) is 35.7 Å². The number of benzene rings is 5. The highest BCUT2D eigenvalue weighted by molar-refractivity contribution is 5.94. The summed E-state index contributed by atoms with van der Waals surface area (Å²) < 4.78 is 82.4. The van der Waals surface area contributed by atoms with Crippen LogP contribution in [0.4, 0.5) is 22.0 Å². The molecule has 270 valence electrons. The average Bonchev–Trinajstić information content (AvgIpc) is 3.17. The van der Waals surface area contributed by atoms with Crippen LogP contribution in [0.5, 0.6) is 0 Å². The predicted molar refractivity (Wildman–Crippen MR) is 184 cm³/mol. The van der Waals surface area contributed by atoms with E-state index in [1.54, 1.807) is 24.3 Å². The van der Waals surface area contributed by atoms with E-state index in [-0.39, 0.29) is 31.3 Å². The Kier molecular flexibility index (Phi) is 11.8. The Morgan fingerprint density at radius 2 is 1.15 bits per heavy atom. The summed E-state index contributed by atoms with van der Waals surface area (Å²) in [4.78, 5) is 14.8. The Morgan fingerprint density at radius 1 is 0.654 bits per heavy atom. The van der Waals surface area contributed by atoms with Gasteiger partial charge < -0.3 is 19.9 Å². The van der Waals surface area contributed by atoms with Crippen molar-refractivity contribution in [2.45, 2.75) is 51.7 Å². The third-order valence-corrected chi connectivity index (χ3v) is 9.20. The van der Waals surface area contributed by atoms with Gasteiger partial charge in [-0.15, -0.1) is 0 Å². The highest BCUT2D eigenvalue weighted by Crippen LogP contribution is 2.42. The topological polar surface area (TPSA) is 71.0 Å². The number of nitrogens with one attached hydrogen (secondary N) is 1. The quantitative estimate of drug-likeness (QED) is 0.0773. The molecule has 1 aliphatic rings. The van der Waals surface area contributed by atoms with E-state index in [2.05, 4.69) is 41.4 Å². The molecule has 4 unspecified atom stereocenters. The normalized spacial score (nSPS) is 18.8. The van der Waals surface area contributed by atoms with Gasteiger partial charge in [-0.2, -0.15) is 0 Å². The molecule has 1 aliphatic heterocycles. The standard InChI is InChI=1S/C41H37F5N2O4/c1-25-32(23-48(21-27-8-4-2-5-9-27)22-28-10-6-3-7-11-28)51-41(52-39(25)30-16-14-29(24-49)15-17-30)31-18-12-26(13-19-31)20-47-40(50)33-34(42)36(44)38(46)37(45)35(33)43/h2-19,25,32,39,41,49H,20-24H2,1H3,(H,47,50). The van der Waals surface area contributed by atoms with Gasteiger partial charge >= 0.3 is 0 Å². The van der Waals surface area contributed by atoms with Crippen molar-refractivity contribution in [3.63, 3.8) is 0 Å². The van der Waals surface area contributed by atoms with Crippen molar-refractivity contribution in [1.82, 2.24) is 10.2 Å². The molecule has 6 nitrogen and oxygen atoms in total. The van der Waals surface area contributed by atoms with E-state index < -0.39 is 46.8 Å². The molecule has 1 saturated heterocycles. The van der Waals surface area contributed by atoms with Crippen molar-refractivity contribution >= 4 is 5.91 Å². The second kappa shape index (κ2) is 16.6. The van der Waals surface area contributed by atoms with Gasteiger partial charge in [0, 0.05) is 37.7 Å². The van der Waals surface area contributed by atoms with Crippen LogP contribution in [0.3, 0.4) is 0 Å². The molecule has 52 heavy (non-hydrogen) atoms. The average molecular weight is 717 g/mol. The van der Waals surface area contributed by atoms with Gasteiger partial charge in [-0.1, -0.05) is 116 Å². The maximum atomic E-state index is 14.2. The number of aliphatic hydroxyl groups is 1. The molecule has 11 heteroatoms. The van der Waals surface area contributed by atoms with Crippen LogP contribution in [0.25, 0.3) is 0 Å². The van der Waals surface area contributed by atoms with Crippen LogP contribution in [0.2, 0.25) is 0 Å². The van der Waals surface area contributed by atoms with E-state index in [1.807, 2.05) is 60.7 Å². The molecule has 4 atom stereocenters. The number of hydrogen-bond acceptors (Lipinski definition) is 5. The fourth-order valence-corrected chi connectivity index (χ4v) is 6.32. The maximum absolute atomic E-state index is 14.2. The maximum Gasteiger partial charge on any atom is 0.257 e. The minimum absolute atomic E-state index is 0.0818. The lowest BCUT2D eigenvalue weighted by Crippen LogP contribution is -2.44. The Bertz CT molecular complexity index is 1890. The summed E-state index contributed by atoms with van der Waals surface area (Å²) in [6.45, 7) is 3.71. The first-order valence-corrected chi connectivity index (χ1v) is 16.8. The van der Waals surface area contributed by atoms with Crippen LogP contribution in [0.15, 0.2) is 109 Å². The van der Waals surface area contributed by atoms with Crippen LogP contribution in [-0.4, -0.2) is 28.6 Å². The van der Waals surface area contributed by atoms with Gasteiger partial charge in [0.1, 0.15) is 5.56 Å². The molecule has 0 bridgehead atoms. The molecule has 5 aromatic rings. The van der Waals surface area contributed by atoms with Gasteiger partial charge in [-0.25, -0.2) is 22.0 Å². The summed E-state index contributed by atoms with van der Waals surface area (Å²) in [5.74, 6) is -12.7. The highest BCUT2D eigenvalue weighted by Gasteiger charge is 2.39. The molecular formula is C41H37F5N2O4. The van der Waals surface area contributed by atoms with Gasteiger partial charge in [0.15, 0.2) is 29.6 Å². The molecule has 0 aliphatic carbocycles. The summed E-state index contributed by atoms with van der Waals surface area (Å²) in [5, 5.41) is 11.8. The predicted octanol–water partition coefficient (Wildman–Crippen LogP) is 8.30. The summed E-state index contributed by atoms with van der Waals surface area (Å²) in [7, 11) is 0. The van der Waals surface area contributed by atoms with Crippen molar-refractivity contribution in [2.75, 3.05) is 6.54 Å². The van der Waals surface area contributed by atoms with Crippen molar-refractivity contribution in [1.29, 1.82) is 0 Å². The zero-order chi connectivity index (χ0) is 36.8. The number of rotatable bonds is 12. The second-order valence-corrected chi connectivity index (χ2v) is 12.8. The molecule has 6 rings (SSSR count). The number of nitrogens with zero attached hydrogens (tertiary/aromatic N) is 1. The molecule has 0 radical (unpaired) electrons. The van der Waals surface area contributed by atoms with Gasteiger partial charge in [0.05, 0.1) is 18.8 Å². The second-order valence-electron chi connectivity index (χ2n) is 12.8. The van der Waals surface area contributed by atoms with E-state index in [0.717, 1.165) is 22.3 Å². The van der Waals surface area contributed by atoms with Crippen molar-refractivity contribution in [3.8, 4) is 0 Å². The zero-order valence-corrected chi connectivity index (χ0v) is 28.2. The number of carbonyl (C=O) groups is 1. The van der Waals surface area contributed by atoms with Crippen molar-refractivity contribution in [2.24, 2.45) is 5.92 Å². The first-order chi connectivity index (χ1) is 25.1. The molecule has 1 heterocycles. The number of aliphatic hydroxyl groups excluding tert-OH is 1. The molecule has 0 spiro atoms. The third kappa shape index (κ3) is 8.40. The van der Waals surface area contributed by atoms with Crippen LogP contribution >= 0.6 is 0 Å². The van der Waals surface area contributed by atoms with E-state index in [1.165, 1.54) is 0 Å². The Morgan fingerprint density at radius 3 is 1.69 bits per heavy atom. The van der Waals surface area contributed by atoms with E-state index in [4.69, 9.17) is 9.47 Å². The monoisotopic (exact) mass is 716 g/mol. The largest absolute Gasteiger partial charge is 0.392 e. The lowest BCUT2D eigenvalue weighted by Gasteiger charge is -2.43. The molecular weight excluding hydrogens is 679 g/mol. The van der Waals surface area contributed by atoms with E-state index in [9.17, 15) is 31.9 Å². The number of amides is 1. The number of ether oxygens (including phenoxy) is 2. The summed E-state index contributed by atoms with van der Waals surface area (Å²) >= 11 is 0. The van der Waals surface area contributed by atoms with Crippen LogP contribution < -0.4 is 5.32 Å².